The number of rotatable bonds is 6. The molecule has 0 fully saturated rings. The smallest absolute Gasteiger partial charge is 0.203 e. The Morgan fingerprint density at radius 1 is 0.920 bits per heavy atom. The lowest BCUT2D eigenvalue weighted by atomic mass is 10.0. The van der Waals surface area contributed by atoms with Crippen LogP contribution in [0.5, 0.6) is 17.2 Å². The van der Waals surface area contributed by atoms with Crippen molar-refractivity contribution < 1.29 is 23.8 Å². The molecule has 1 heterocycles. The van der Waals surface area contributed by atoms with Crippen molar-refractivity contribution in [3.63, 3.8) is 0 Å². The monoisotopic (exact) mass is 341 g/mol. The van der Waals surface area contributed by atoms with E-state index in [0.29, 0.717) is 39.8 Å². The molecule has 6 heteroatoms. The molecule has 3 rings (SSSR count). The molecule has 3 aromatic rings. The third-order valence-corrected chi connectivity index (χ3v) is 3.92. The lowest BCUT2D eigenvalue weighted by Gasteiger charge is -2.13. The van der Waals surface area contributed by atoms with Crippen LogP contribution in [0.15, 0.2) is 47.0 Å². The van der Waals surface area contributed by atoms with E-state index in [9.17, 15) is 5.11 Å². The maximum Gasteiger partial charge on any atom is 0.203 e. The average molecular weight is 341 g/mol. The summed E-state index contributed by atoms with van der Waals surface area (Å²) >= 11 is 0. The van der Waals surface area contributed by atoms with Crippen molar-refractivity contribution in [2.45, 2.75) is 6.61 Å². The van der Waals surface area contributed by atoms with Crippen LogP contribution in [-0.2, 0) is 6.61 Å². The SMILES string of the molecule is COc1cc(-c2noc(-c3ccccc3)c2CO)cc(OC)c1OC. The highest BCUT2D eigenvalue weighted by Gasteiger charge is 2.21. The lowest BCUT2D eigenvalue weighted by molar-refractivity contribution is 0.281. The van der Waals surface area contributed by atoms with Gasteiger partial charge in [-0.25, -0.2) is 0 Å². The first-order chi connectivity index (χ1) is 12.2. The Bertz CT molecular complexity index is 833. The molecule has 0 amide bonds. The fraction of sp³-hybridized carbons (Fsp3) is 0.211. The predicted molar refractivity (Wildman–Crippen MR) is 93.0 cm³/mol. The van der Waals surface area contributed by atoms with Crippen LogP contribution in [0.4, 0.5) is 0 Å². The Morgan fingerprint density at radius 3 is 2.08 bits per heavy atom. The Morgan fingerprint density at radius 2 is 1.56 bits per heavy atom. The summed E-state index contributed by atoms with van der Waals surface area (Å²) in [6, 6.07) is 13.1. The standard InChI is InChI=1S/C19H19NO5/c1-22-15-9-13(10-16(23-2)19(15)24-3)17-14(11-21)18(25-20-17)12-7-5-4-6-8-12/h4-10,21H,11H2,1-3H3. The zero-order valence-corrected chi connectivity index (χ0v) is 14.3. The molecular weight excluding hydrogens is 322 g/mol. The van der Waals surface area contributed by atoms with Crippen molar-refractivity contribution in [3.8, 4) is 39.8 Å². The highest BCUT2D eigenvalue weighted by atomic mass is 16.5. The van der Waals surface area contributed by atoms with E-state index < -0.39 is 0 Å². The highest BCUT2D eigenvalue weighted by Crippen LogP contribution is 2.42. The number of ether oxygens (including phenoxy) is 3. The second-order valence-electron chi connectivity index (χ2n) is 5.28. The lowest BCUT2D eigenvalue weighted by Crippen LogP contribution is -1.97. The molecule has 0 atom stereocenters. The number of methoxy groups -OCH3 is 3. The topological polar surface area (TPSA) is 74.0 Å². The fourth-order valence-corrected chi connectivity index (χ4v) is 2.72. The largest absolute Gasteiger partial charge is 0.493 e. The van der Waals surface area contributed by atoms with E-state index in [2.05, 4.69) is 5.16 Å². The first-order valence-electron chi connectivity index (χ1n) is 7.68. The van der Waals surface area contributed by atoms with Crippen LogP contribution in [0.3, 0.4) is 0 Å². The molecule has 1 aromatic heterocycles. The van der Waals surface area contributed by atoms with Crippen molar-refractivity contribution in [1.82, 2.24) is 5.16 Å². The minimum absolute atomic E-state index is 0.209. The van der Waals surface area contributed by atoms with E-state index in [0.717, 1.165) is 5.56 Å². The van der Waals surface area contributed by atoms with Gasteiger partial charge < -0.3 is 23.8 Å². The number of aliphatic hydroxyl groups is 1. The van der Waals surface area contributed by atoms with Gasteiger partial charge in [0, 0.05) is 11.1 Å². The van der Waals surface area contributed by atoms with Crippen LogP contribution in [0, 0.1) is 0 Å². The average Bonchev–Trinajstić information content (AvgIpc) is 3.11. The predicted octanol–water partition coefficient (Wildman–Crippen LogP) is 3.53. The normalized spacial score (nSPS) is 10.6. The quantitative estimate of drug-likeness (QED) is 0.739. The molecule has 0 spiro atoms. The first-order valence-corrected chi connectivity index (χ1v) is 7.68. The Labute approximate surface area is 145 Å². The maximum atomic E-state index is 9.88. The number of hydrogen-bond acceptors (Lipinski definition) is 6. The van der Waals surface area contributed by atoms with Crippen LogP contribution < -0.4 is 14.2 Å². The number of benzene rings is 2. The van der Waals surface area contributed by atoms with Crippen LogP contribution >= 0.6 is 0 Å². The molecule has 0 radical (unpaired) electrons. The number of hydrogen-bond donors (Lipinski definition) is 1. The van der Waals surface area contributed by atoms with E-state index in [1.807, 2.05) is 30.3 Å². The number of nitrogens with zero attached hydrogens (tertiary/aromatic N) is 1. The van der Waals surface area contributed by atoms with Gasteiger partial charge in [0.25, 0.3) is 0 Å². The van der Waals surface area contributed by atoms with Gasteiger partial charge in [0.05, 0.1) is 33.5 Å². The van der Waals surface area contributed by atoms with Gasteiger partial charge in [0.15, 0.2) is 17.3 Å². The van der Waals surface area contributed by atoms with Crippen LogP contribution in [0.1, 0.15) is 5.56 Å². The summed E-state index contributed by atoms with van der Waals surface area (Å²) in [7, 11) is 4.64. The maximum absolute atomic E-state index is 9.88. The number of aliphatic hydroxyl groups excluding tert-OH is 1. The van der Waals surface area contributed by atoms with Crippen molar-refractivity contribution in [2.75, 3.05) is 21.3 Å². The van der Waals surface area contributed by atoms with E-state index in [-0.39, 0.29) is 6.61 Å². The molecule has 130 valence electrons. The van der Waals surface area contributed by atoms with Crippen molar-refractivity contribution >= 4 is 0 Å². The van der Waals surface area contributed by atoms with Gasteiger partial charge in [-0.1, -0.05) is 35.5 Å². The zero-order chi connectivity index (χ0) is 17.8. The Balaban J connectivity index is 2.16. The first kappa shape index (κ1) is 16.9. The van der Waals surface area contributed by atoms with Gasteiger partial charge >= 0.3 is 0 Å². The molecule has 1 N–H and O–H groups in total. The van der Waals surface area contributed by atoms with E-state index in [1.54, 1.807) is 33.5 Å². The molecule has 0 bridgehead atoms. The van der Waals surface area contributed by atoms with Gasteiger partial charge in [-0.05, 0) is 12.1 Å². The highest BCUT2D eigenvalue weighted by molar-refractivity contribution is 5.75. The van der Waals surface area contributed by atoms with Crippen LogP contribution in [0.25, 0.3) is 22.6 Å². The van der Waals surface area contributed by atoms with Gasteiger partial charge in [0.1, 0.15) is 5.69 Å². The molecule has 25 heavy (non-hydrogen) atoms. The summed E-state index contributed by atoms with van der Waals surface area (Å²) in [5.41, 5.74) is 2.67. The Hall–Kier alpha value is -2.99. The number of aromatic nitrogens is 1. The zero-order valence-electron chi connectivity index (χ0n) is 14.3. The third kappa shape index (κ3) is 3.04. The van der Waals surface area contributed by atoms with Crippen molar-refractivity contribution in [3.05, 3.63) is 48.0 Å². The fourth-order valence-electron chi connectivity index (χ4n) is 2.72. The van der Waals surface area contributed by atoms with Gasteiger partial charge in [-0.3, -0.25) is 0 Å². The Kier molecular flexibility index (Phi) is 4.90. The van der Waals surface area contributed by atoms with Gasteiger partial charge in [-0.2, -0.15) is 0 Å². The van der Waals surface area contributed by atoms with E-state index >= 15 is 0 Å². The summed E-state index contributed by atoms with van der Waals surface area (Å²) in [4.78, 5) is 0. The van der Waals surface area contributed by atoms with Crippen molar-refractivity contribution in [2.24, 2.45) is 0 Å². The molecule has 0 unspecified atom stereocenters. The molecule has 6 nitrogen and oxygen atoms in total. The molecule has 0 saturated carbocycles. The van der Waals surface area contributed by atoms with Crippen LogP contribution in [0.2, 0.25) is 0 Å². The molecular formula is C19H19NO5. The molecule has 0 aliphatic rings. The molecule has 2 aromatic carbocycles. The van der Waals surface area contributed by atoms with Crippen LogP contribution in [-0.4, -0.2) is 31.6 Å². The van der Waals surface area contributed by atoms with E-state index in [1.165, 1.54) is 0 Å². The van der Waals surface area contributed by atoms with Crippen molar-refractivity contribution in [1.29, 1.82) is 0 Å². The molecule has 0 saturated heterocycles. The minimum Gasteiger partial charge on any atom is -0.493 e. The molecule has 0 aliphatic heterocycles. The van der Waals surface area contributed by atoms with Gasteiger partial charge in [-0.15, -0.1) is 0 Å². The molecule has 0 aliphatic carbocycles. The summed E-state index contributed by atoms with van der Waals surface area (Å²) in [6.07, 6.45) is 0. The summed E-state index contributed by atoms with van der Waals surface area (Å²) in [5.74, 6) is 2.04. The summed E-state index contributed by atoms with van der Waals surface area (Å²) < 4.78 is 21.6. The summed E-state index contributed by atoms with van der Waals surface area (Å²) in [5, 5.41) is 14.0. The third-order valence-electron chi connectivity index (χ3n) is 3.92. The van der Waals surface area contributed by atoms with Gasteiger partial charge in [0.2, 0.25) is 5.75 Å². The second kappa shape index (κ2) is 7.27. The van der Waals surface area contributed by atoms with E-state index in [4.69, 9.17) is 18.7 Å². The minimum atomic E-state index is -0.209. The second-order valence-corrected chi connectivity index (χ2v) is 5.28. The summed E-state index contributed by atoms with van der Waals surface area (Å²) in [6.45, 7) is -0.209.